The highest BCUT2D eigenvalue weighted by atomic mass is 16.5. The fourth-order valence-corrected chi connectivity index (χ4v) is 3.33. The molecular formula is C24H35NO4. The lowest BCUT2D eigenvalue weighted by molar-refractivity contribution is 0.127. The van der Waals surface area contributed by atoms with Crippen LogP contribution in [0.4, 0.5) is 0 Å². The molecule has 2 unspecified atom stereocenters. The van der Waals surface area contributed by atoms with E-state index >= 15 is 0 Å². The third kappa shape index (κ3) is 9.31. The van der Waals surface area contributed by atoms with Crippen molar-refractivity contribution in [2.75, 3.05) is 19.8 Å². The van der Waals surface area contributed by atoms with Gasteiger partial charge in [0.05, 0.1) is 6.10 Å². The lowest BCUT2D eigenvalue weighted by atomic mass is 10.0. The molecule has 4 N–H and O–H groups in total. The Morgan fingerprint density at radius 1 is 0.862 bits per heavy atom. The minimum atomic E-state index is -0.780. The summed E-state index contributed by atoms with van der Waals surface area (Å²) in [6.45, 7) is 4.35. The van der Waals surface area contributed by atoms with E-state index in [9.17, 15) is 15.3 Å². The summed E-state index contributed by atoms with van der Waals surface area (Å²) in [7, 11) is 0. The van der Waals surface area contributed by atoms with E-state index in [4.69, 9.17) is 4.74 Å². The van der Waals surface area contributed by atoms with Crippen LogP contribution in [-0.2, 0) is 11.2 Å². The number of aliphatic hydroxyl groups excluding tert-OH is 1. The number of hydrogen-bond donors (Lipinski definition) is 4. The van der Waals surface area contributed by atoms with Crippen molar-refractivity contribution >= 4 is 0 Å². The maximum absolute atomic E-state index is 10.4. The molecule has 29 heavy (non-hydrogen) atoms. The summed E-state index contributed by atoms with van der Waals surface area (Å²) in [5, 5.41) is 32.7. The molecule has 0 aliphatic rings. The zero-order valence-corrected chi connectivity index (χ0v) is 17.4. The molecule has 2 aromatic carbocycles. The zero-order valence-electron chi connectivity index (χ0n) is 17.4. The van der Waals surface area contributed by atoms with Crippen LogP contribution in [0.15, 0.2) is 48.5 Å². The van der Waals surface area contributed by atoms with E-state index in [-0.39, 0.29) is 17.5 Å². The number of unbranched alkanes of at least 4 members (excludes halogenated alkanes) is 3. The maximum atomic E-state index is 10.4. The maximum Gasteiger partial charge on any atom is 0.119 e. The number of hydrogen-bond acceptors (Lipinski definition) is 5. The summed E-state index contributed by atoms with van der Waals surface area (Å²) < 4.78 is 5.71. The van der Waals surface area contributed by atoms with Crippen LogP contribution in [0.3, 0.4) is 0 Å². The molecule has 0 aliphatic heterocycles. The number of nitrogens with one attached hydrogen (secondary N) is 1. The van der Waals surface area contributed by atoms with Gasteiger partial charge in [0.2, 0.25) is 0 Å². The number of aromatic hydroxyl groups is 2. The molecule has 0 bridgehead atoms. The predicted molar refractivity (Wildman–Crippen MR) is 116 cm³/mol. The normalized spacial score (nSPS) is 13.3. The first kappa shape index (κ1) is 23.2. The highest BCUT2D eigenvalue weighted by Gasteiger charge is 2.17. The highest BCUT2D eigenvalue weighted by molar-refractivity contribution is 5.38. The highest BCUT2D eigenvalue weighted by Crippen LogP contribution is 2.26. The van der Waals surface area contributed by atoms with E-state index in [0.29, 0.717) is 5.56 Å². The van der Waals surface area contributed by atoms with E-state index < -0.39 is 6.10 Å². The molecule has 0 aliphatic carbocycles. The van der Waals surface area contributed by atoms with Crippen LogP contribution in [0.1, 0.15) is 56.3 Å². The van der Waals surface area contributed by atoms with E-state index in [2.05, 4.69) is 29.6 Å². The number of aryl methyl sites for hydroxylation is 1. The van der Waals surface area contributed by atoms with Gasteiger partial charge < -0.3 is 25.4 Å². The van der Waals surface area contributed by atoms with E-state index in [0.717, 1.165) is 58.3 Å². The smallest absolute Gasteiger partial charge is 0.119 e. The third-order valence-electron chi connectivity index (χ3n) is 5.02. The van der Waals surface area contributed by atoms with Crippen molar-refractivity contribution in [3.05, 3.63) is 59.7 Å². The molecule has 2 aromatic rings. The summed E-state index contributed by atoms with van der Waals surface area (Å²) in [4.78, 5) is 0. The van der Waals surface area contributed by atoms with Crippen molar-refractivity contribution in [1.82, 2.24) is 5.32 Å². The van der Waals surface area contributed by atoms with Crippen molar-refractivity contribution in [3.8, 4) is 11.5 Å². The van der Waals surface area contributed by atoms with Gasteiger partial charge in [0, 0.05) is 25.3 Å². The molecule has 0 aromatic heterocycles. The van der Waals surface area contributed by atoms with Gasteiger partial charge in [-0.15, -0.1) is 0 Å². The van der Waals surface area contributed by atoms with Gasteiger partial charge in [-0.1, -0.05) is 43.2 Å². The van der Waals surface area contributed by atoms with E-state index in [1.54, 1.807) is 0 Å². The van der Waals surface area contributed by atoms with Gasteiger partial charge in [0.1, 0.15) is 11.5 Å². The molecule has 0 spiro atoms. The lowest BCUT2D eigenvalue weighted by Crippen LogP contribution is -2.32. The Hall–Kier alpha value is -2.08. The molecular weight excluding hydrogens is 366 g/mol. The van der Waals surface area contributed by atoms with Crippen molar-refractivity contribution in [2.45, 2.75) is 57.6 Å². The number of ether oxygens (including phenoxy) is 1. The van der Waals surface area contributed by atoms with Gasteiger partial charge in [-0.2, -0.15) is 0 Å². The standard InChI is InChI=1S/C24H35NO4/c1-19(24(28)21-16-22(26)18-23(27)17-21)25-13-7-2-3-8-14-29-15-9-12-20-10-5-4-6-11-20/h4-6,10-11,16-19,24-28H,2-3,7-9,12-15H2,1H3. The Kier molecular flexibility index (Phi) is 10.6. The first-order valence-electron chi connectivity index (χ1n) is 10.6. The molecule has 0 radical (unpaired) electrons. The van der Waals surface area contributed by atoms with Gasteiger partial charge in [-0.25, -0.2) is 0 Å². The lowest BCUT2D eigenvalue weighted by Gasteiger charge is -2.21. The van der Waals surface area contributed by atoms with Crippen LogP contribution in [-0.4, -0.2) is 41.1 Å². The average Bonchev–Trinajstić information content (AvgIpc) is 2.71. The third-order valence-corrected chi connectivity index (χ3v) is 5.02. The second-order valence-corrected chi connectivity index (χ2v) is 7.59. The van der Waals surface area contributed by atoms with Gasteiger partial charge >= 0.3 is 0 Å². The monoisotopic (exact) mass is 401 g/mol. The average molecular weight is 402 g/mol. The Balaban J connectivity index is 1.45. The van der Waals surface area contributed by atoms with Crippen molar-refractivity contribution in [2.24, 2.45) is 0 Å². The van der Waals surface area contributed by atoms with E-state index in [1.165, 1.54) is 23.8 Å². The van der Waals surface area contributed by atoms with Crippen LogP contribution in [0.2, 0.25) is 0 Å². The zero-order chi connectivity index (χ0) is 20.9. The van der Waals surface area contributed by atoms with Crippen LogP contribution in [0, 0.1) is 0 Å². The molecule has 5 nitrogen and oxygen atoms in total. The van der Waals surface area contributed by atoms with E-state index in [1.807, 2.05) is 13.0 Å². The van der Waals surface area contributed by atoms with Gasteiger partial charge in [0.25, 0.3) is 0 Å². The molecule has 160 valence electrons. The van der Waals surface area contributed by atoms with Gasteiger partial charge in [-0.3, -0.25) is 0 Å². The summed E-state index contributed by atoms with van der Waals surface area (Å²) in [5.41, 5.74) is 1.87. The summed E-state index contributed by atoms with van der Waals surface area (Å²) in [6, 6.07) is 14.5. The molecule has 0 amide bonds. The molecule has 2 atom stereocenters. The van der Waals surface area contributed by atoms with Crippen LogP contribution < -0.4 is 5.32 Å². The first-order chi connectivity index (χ1) is 14.1. The van der Waals surface area contributed by atoms with Crippen LogP contribution >= 0.6 is 0 Å². The first-order valence-corrected chi connectivity index (χ1v) is 10.6. The number of rotatable bonds is 14. The molecule has 2 rings (SSSR count). The van der Waals surface area contributed by atoms with Crippen molar-refractivity contribution in [3.63, 3.8) is 0 Å². The molecule has 0 heterocycles. The minimum Gasteiger partial charge on any atom is -0.508 e. The van der Waals surface area contributed by atoms with Crippen molar-refractivity contribution in [1.29, 1.82) is 0 Å². The number of phenols is 2. The van der Waals surface area contributed by atoms with Crippen LogP contribution in [0.5, 0.6) is 11.5 Å². The number of phenolic OH excluding ortho intramolecular Hbond substituents is 2. The SMILES string of the molecule is CC(NCCCCCCOCCCc1ccccc1)C(O)c1cc(O)cc(O)c1. The second-order valence-electron chi connectivity index (χ2n) is 7.59. The summed E-state index contributed by atoms with van der Waals surface area (Å²) >= 11 is 0. The van der Waals surface area contributed by atoms with Gasteiger partial charge in [-0.05, 0) is 62.4 Å². The molecule has 0 fully saturated rings. The Labute approximate surface area is 174 Å². The Morgan fingerprint density at radius 3 is 2.24 bits per heavy atom. The van der Waals surface area contributed by atoms with Gasteiger partial charge in [0.15, 0.2) is 0 Å². The minimum absolute atomic E-state index is 0.0477. The Bertz CT molecular complexity index is 672. The number of aliphatic hydroxyl groups is 1. The fraction of sp³-hybridized carbons (Fsp3) is 0.500. The van der Waals surface area contributed by atoms with Crippen LogP contribution in [0.25, 0.3) is 0 Å². The topological polar surface area (TPSA) is 82.0 Å². The largest absolute Gasteiger partial charge is 0.508 e. The number of benzene rings is 2. The molecule has 0 saturated heterocycles. The molecule has 5 heteroatoms. The summed E-state index contributed by atoms with van der Waals surface area (Å²) in [6.07, 6.45) is 5.72. The fourth-order valence-electron chi connectivity index (χ4n) is 3.33. The van der Waals surface area contributed by atoms with Crippen molar-refractivity contribution < 1.29 is 20.1 Å². The molecule has 0 saturated carbocycles. The summed E-state index contributed by atoms with van der Waals surface area (Å²) in [5.74, 6) is -0.0953. The Morgan fingerprint density at radius 2 is 1.52 bits per heavy atom. The second kappa shape index (κ2) is 13.2. The quantitative estimate of drug-likeness (QED) is 0.355. The predicted octanol–water partition coefficient (Wildman–Crippen LogP) is 4.32.